The second kappa shape index (κ2) is 4.05. The number of benzene rings is 1. The van der Waals surface area contributed by atoms with Crippen molar-refractivity contribution < 1.29 is 14.6 Å². The van der Waals surface area contributed by atoms with Crippen molar-refractivity contribution in [2.45, 2.75) is 0 Å². The fourth-order valence-corrected chi connectivity index (χ4v) is 1.73. The molecule has 0 saturated carbocycles. The summed E-state index contributed by atoms with van der Waals surface area (Å²) in [5.41, 5.74) is 0.926. The van der Waals surface area contributed by atoms with Crippen LogP contribution in [0, 0.1) is 0 Å². The fourth-order valence-electron chi connectivity index (χ4n) is 1.32. The minimum atomic E-state index is -1.03. The molecule has 0 fully saturated rings. The Labute approximate surface area is 99.2 Å². The normalized spacial score (nSPS) is 10.4. The van der Waals surface area contributed by atoms with E-state index in [2.05, 4.69) is 25.9 Å². The first-order valence-corrected chi connectivity index (χ1v) is 5.15. The van der Waals surface area contributed by atoms with Crippen molar-refractivity contribution in [3.8, 4) is 5.88 Å². The van der Waals surface area contributed by atoms with E-state index in [0.717, 1.165) is 0 Å². The van der Waals surface area contributed by atoms with Crippen LogP contribution in [0.3, 0.4) is 0 Å². The van der Waals surface area contributed by atoms with Crippen molar-refractivity contribution in [3.05, 3.63) is 28.4 Å². The molecule has 16 heavy (non-hydrogen) atoms. The Morgan fingerprint density at radius 1 is 1.44 bits per heavy atom. The summed E-state index contributed by atoms with van der Waals surface area (Å²) in [5.74, 6) is -0.687. The van der Waals surface area contributed by atoms with Gasteiger partial charge < -0.3 is 9.84 Å². The van der Waals surface area contributed by atoms with E-state index in [1.54, 1.807) is 6.07 Å². The van der Waals surface area contributed by atoms with Crippen LogP contribution < -0.4 is 4.74 Å². The van der Waals surface area contributed by atoms with Crippen LogP contribution >= 0.6 is 15.9 Å². The number of rotatable bonds is 2. The van der Waals surface area contributed by atoms with Gasteiger partial charge in [-0.3, -0.25) is 0 Å². The minimum absolute atomic E-state index is 0.119. The van der Waals surface area contributed by atoms with Gasteiger partial charge in [0.2, 0.25) is 5.88 Å². The molecule has 0 saturated heterocycles. The lowest BCUT2D eigenvalue weighted by atomic mass is 10.2. The van der Waals surface area contributed by atoms with Crippen LogP contribution in [0.4, 0.5) is 0 Å². The van der Waals surface area contributed by atoms with Crippen molar-refractivity contribution in [1.29, 1.82) is 0 Å². The SMILES string of the molecule is COc1cnc2c(C(=O)O)ccc(Br)c2n1. The van der Waals surface area contributed by atoms with Gasteiger partial charge in [-0.1, -0.05) is 0 Å². The van der Waals surface area contributed by atoms with Crippen molar-refractivity contribution >= 4 is 32.9 Å². The number of ether oxygens (including phenoxy) is 1. The predicted molar refractivity (Wildman–Crippen MR) is 60.7 cm³/mol. The molecule has 1 N–H and O–H groups in total. The highest BCUT2D eigenvalue weighted by Gasteiger charge is 2.13. The summed E-state index contributed by atoms with van der Waals surface area (Å²) in [6.07, 6.45) is 1.39. The topological polar surface area (TPSA) is 72.3 Å². The third kappa shape index (κ3) is 1.71. The smallest absolute Gasteiger partial charge is 0.337 e. The molecular weight excluding hydrogens is 276 g/mol. The molecule has 6 heteroatoms. The Kier molecular flexibility index (Phi) is 2.74. The van der Waals surface area contributed by atoms with Gasteiger partial charge in [0.15, 0.2) is 0 Å². The van der Waals surface area contributed by atoms with E-state index in [1.165, 1.54) is 19.4 Å². The molecule has 1 aromatic heterocycles. The highest BCUT2D eigenvalue weighted by atomic mass is 79.9. The molecule has 1 aromatic carbocycles. The predicted octanol–water partition coefficient (Wildman–Crippen LogP) is 2.10. The van der Waals surface area contributed by atoms with Gasteiger partial charge >= 0.3 is 5.97 Å². The van der Waals surface area contributed by atoms with Gasteiger partial charge in [-0.15, -0.1) is 0 Å². The number of aromatic nitrogens is 2. The number of methoxy groups -OCH3 is 1. The Balaban J connectivity index is 2.80. The van der Waals surface area contributed by atoms with E-state index in [9.17, 15) is 4.79 Å². The Hall–Kier alpha value is -1.69. The molecule has 0 atom stereocenters. The molecule has 0 amide bonds. The lowest BCUT2D eigenvalue weighted by Gasteiger charge is -2.04. The van der Waals surface area contributed by atoms with Crippen LogP contribution in [0.2, 0.25) is 0 Å². The van der Waals surface area contributed by atoms with E-state index >= 15 is 0 Å². The van der Waals surface area contributed by atoms with Gasteiger partial charge in [-0.25, -0.2) is 14.8 Å². The summed E-state index contributed by atoms with van der Waals surface area (Å²) < 4.78 is 5.62. The number of nitrogens with zero attached hydrogens (tertiary/aromatic N) is 2. The summed E-state index contributed by atoms with van der Waals surface area (Å²) in [6.45, 7) is 0. The van der Waals surface area contributed by atoms with Crippen LogP contribution in [-0.2, 0) is 0 Å². The summed E-state index contributed by atoms with van der Waals surface area (Å²) in [7, 11) is 1.48. The molecule has 1 heterocycles. The molecular formula is C10H7BrN2O3. The number of carboxylic acid groups (broad SMARTS) is 1. The molecule has 0 spiro atoms. The second-order valence-corrected chi connectivity index (χ2v) is 3.86. The van der Waals surface area contributed by atoms with Crippen LogP contribution in [0.5, 0.6) is 5.88 Å². The van der Waals surface area contributed by atoms with Gasteiger partial charge in [0, 0.05) is 4.47 Å². The third-order valence-electron chi connectivity index (χ3n) is 2.07. The third-order valence-corrected chi connectivity index (χ3v) is 2.71. The van der Waals surface area contributed by atoms with Gasteiger partial charge in [-0.05, 0) is 28.1 Å². The molecule has 2 aromatic rings. The lowest BCUT2D eigenvalue weighted by molar-refractivity contribution is 0.0699. The quantitative estimate of drug-likeness (QED) is 0.913. The summed E-state index contributed by atoms with van der Waals surface area (Å²) in [4.78, 5) is 19.1. The molecule has 0 bridgehead atoms. The van der Waals surface area contributed by atoms with Crippen molar-refractivity contribution in [1.82, 2.24) is 9.97 Å². The molecule has 2 rings (SSSR count). The van der Waals surface area contributed by atoms with Crippen LogP contribution in [0.25, 0.3) is 11.0 Å². The molecule has 0 radical (unpaired) electrons. The highest BCUT2D eigenvalue weighted by Crippen LogP contribution is 2.25. The summed E-state index contributed by atoms with van der Waals surface area (Å²) in [5, 5.41) is 8.99. The first kappa shape index (κ1) is 10.8. The molecule has 0 aliphatic rings. The van der Waals surface area contributed by atoms with Gasteiger partial charge in [0.1, 0.15) is 11.0 Å². The first-order valence-electron chi connectivity index (χ1n) is 4.36. The molecule has 0 aliphatic heterocycles. The number of halogens is 1. The number of aromatic carboxylic acids is 1. The Morgan fingerprint density at radius 2 is 2.19 bits per heavy atom. The number of hydrogen-bond acceptors (Lipinski definition) is 4. The van der Waals surface area contributed by atoms with Gasteiger partial charge in [-0.2, -0.15) is 0 Å². The second-order valence-electron chi connectivity index (χ2n) is 3.01. The number of hydrogen-bond donors (Lipinski definition) is 1. The first-order chi connectivity index (χ1) is 7.63. The van der Waals surface area contributed by atoms with Crippen molar-refractivity contribution in [3.63, 3.8) is 0 Å². The van der Waals surface area contributed by atoms with E-state index in [4.69, 9.17) is 9.84 Å². The summed E-state index contributed by atoms with van der Waals surface area (Å²) >= 11 is 3.29. The zero-order valence-electron chi connectivity index (χ0n) is 8.27. The van der Waals surface area contributed by atoms with Crippen LogP contribution in [0.1, 0.15) is 10.4 Å². The van der Waals surface area contributed by atoms with Crippen molar-refractivity contribution in [2.24, 2.45) is 0 Å². The monoisotopic (exact) mass is 282 g/mol. The number of fused-ring (bicyclic) bond motifs is 1. The Morgan fingerprint density at radius 3 is 2.81 bits per heavy atom. The van der Waals surface area contributed by atoms with Crippen LogP contribution in [-0.4, -0.2) is 28.2 Å². The zero-order chi connectivity index (χ0) is 11.7. The average molecular weight is 283 g/mol. The molecule has 0 unspecified atom stereocenters. The maximum absolute atomic E-state index is 11.0. The highest BCUT2D eigenvalue weighted by molar-refractivity contribution is 9.10. The molecule has 0 aliphatic carbocycles. The fraction of sp³-hybridized carbons (Fsp3) is 0.100. The van der Waals surface area contributed by atoms with Crippen LogP contribution in [0.15, 0.2) is 22.8 Å². The maximum Gasteiger partial charge on any atom is 0.337 e. The largest absolute Gasteiger partial charge is 0.480 e. The molecule has 82 valence electrons. The maximum atomic E-state index is 11.0. The van der Waals surface area contributed by atoms with E-state index in [-0.39, 0.29) is 5.56 Å². The minimum Gasteiger partial charge on any atom is -0.480 e. The number of carbonyl (C=O) groups is 1. The zero-order valence-corrected chi connectivity index (χ0v) is 9.85. The van der Waals surface area contributed by atoms with E-state index < -0.39 is 5.97 Å². The number of carboxylic acids is 1. The standard InChI is InChI=1S/C10H7BrN2O3/c1-16-7-4-12-8-5(10(14)15)2-3-6(11)9(8)13-7/h2-4H,1H3,(H,14,15). The van der Waals surface area contributed by atoms with Gasteiger partial charge in [0.25, 0.3) is 0 Å². The average Bonchev–Trinajstić information content (AvgIpc) is 2.29. The Bertz CT molecular complexity index is 571. The summed E-state index contributed by atoms with van der Waals surface area (Å²) in [6, 6.07) is 3.11. The van der Waals surface area contributed by atoms with Crippen molar-refractivity contribution in [2.75, 3.05) is 7.11 Å². The van der Waals surface area contributed by atoms with Gasteiger partial charge in [0.05, 0.1) is 18.9 Å². The molecule has 5 nitrogen and oxygen atoms in total. The lowest BCUT2D eigenvalue weighted by Crippen LogP contribution is -2.01. The van der Waals surface area contributed by atoms with E-state index in [1.807, 2.05) is 0 Å². The van der Waals surface area contributed by atoms with E-state index in [0.29, 0.717) is 21.4 Å².